The molecule has 128 valence electrons. The van der Waals surface area contributed by atoms with Gasteiger partial charge in [-0.05, 0) is 55.1 Å². The molecule has 0 aromatic heterocycles. The van der Waals surface area contributed by atoms with Crippen LogP contribution in [0.1, 0.15) is 24.0 Å². The maximum absolute atomic E-state index is 6.40. The second-order valence-corrected chi connectivity index (χ2v) is 7.88. The van der Waals surface area contributed by atoms with Gasteiger partial charge in [0.05, 0.1) is 0 Å². The molecule has 0 bridgehead atoms. The Balaban J connectivity index is 1.48. The Labute approximate surface area is 152 Å². The third kappa shape index (κ3) is 4.80. The van der Waals surface area contributed by atoms with Crippen LogP contribution >= 0.6 is 20.2 Å². The number of benzene rings is 2. The zero-order valence-corrected chi connectivity index (χ0v) is 16.0. The van der Waals surface area contributed by atoms with E-state index < -0.39 is 0 Å². The minimum atomic E-state index is 0.598. The van der Waals surface area contributed by atoms with Gasteiger partial charge in [0.15, 0.2) is 0 Å². The molecule has 1 saturated heterocycles. The van der Waals surface area contributed by atoms with E-state index in [9.17, 15) is 0 Å². The third-order valence-electron chi connectivity index (χ3n) is 4.79. The van der Waals surface area contributed by atoms with E-state index in [0.29, 0.717) is 6.04 Å². The van der Waals surface area contributed by atoms with Gasteiger partial charge in [-0.2, -0.15) is 0 Å². The first-order chi connectivity index (χ1) is 11.8. The Bertz CT molecular complexity index is 639. The standard InChI is InChI=1S/C20H26ClN2P/c1-24-20-9-5-8-19(21)18(20)14-22-17-10-12-23(13-11-17)15-16-6-3-2-4-7-16/h2-9,17,22,24H,10-15H2,1H3. The Morgan fingerprint density at radius 2 is 1.83 bits per heavy atom. The van der Waals surface area contributed by atoms with Gasteiger partial charge >= 0.3 is 0 Å². The van der Waals surface area contributed by atoms with Crippen LogP contribution in [0, 0.1) is 0 Å². The molecule has 2 nitrogen and oxygen atoms in total. The number of nitrogens with zero attached hydrogens (tertiary/aromatic N) is 1. The average Bonchev–Trinajstić information content (AvgIpc) is 2.62. The lowest BCUT2D eigenvalue weighted by Gasteiger charge is -2.32. The van der Waals surface area contributed by atoms with Crippen LogP contribution in [0.5, 0.6) is 0 Å². The summed E-state index contributed by atoms with van der Waals surface area (Å²) in [5.41, 5.74) is 2.69. The summed E-state index contributed by atoms with van der Waals surface area (Å²) in [5.74, 6) is 0. The van der Waals surface area contributed by atoms with Gasteiger partial charge in [0, 0.05) is 24.2 Å². The predicted octanol–water partition coefficient (Wildman–Crippen LogP) is 4.03. The van der Waals surface area contributed by atoms with Crippen LogP contribution in [0.2, 0.25) is 5.02 Å². The zero-order chi connectivity index (χ0) is 16.8. The number of halogens is 1. The summed E-state index contributed by atoms with van der Waals surface area (Å²) in [7, 11) is 0.791. The van der Waals surface area contributed by atoms with E-state index in [2.05, 4.69) is 59.3 Å². The van der Waals surface area contributed by atoms with Gasteiger partial charge in [-0.25, -0.2) is 0 Å². The van der Waals surface area contributed by atoms with Gasteiger partial charge in [-0.15, -0.1) is 0 Å². The quantitative estimate of drug-likeness (QED) is 0.782. The van der Waals surface area contributed by atoms with E-state index in [1.165, 1.54) is 29.3 Å². The molecule has 1 heterocycles. The monoisotopic (exact) mass is 360 g/mol. The van der Waals surface area contributed by atoms with Crippen molar-refractivity contribution in [2.75, 3.05) is 19.8 Å². The lowest BCUT2D eigenvalue weighted by Crippen LogP contribution is -2.42. The van der Waals surface area contributed by atoms with Crippen molar-refractivity contribution in [1.82, 2.24) is 10.2 Å². The molecule has 3 rings (SSSR count). The Hall–Kier alpha value is -0.920. The van der Waals surface area contributed by atoms with Gasteiger partial charge in [-0.1, -0.05) is 62.6 Å². The SMILES string of the molecule is CPc1cccc(Cl)c1CNC1CCN(Cc2ccccc2)CC1. The molecule has 24 heavy (non-hydrogen) atoms. The molecule has 1 unspecified atom stereocenters. The highest BCUT2D eigenvalue weighted by molar-refractivity contribution is 7.46. The van der Waals surface area contributed by atoms with Gasteiger partial charge in [0.1, 0.15) is 0 Å². The van der Waals surface area contributed by atoms with Crippen molar-refractivity contribution in [2.45, 2.75) is 32.0 Å². The van der Waals surface area contributed by atoms with Gasteiger partial charge in [0.25, 0.3) is 0 Å². The lowest BCUT2D eigenvalue weighted by atomic mass is 10.0. The van der Waals surface area contributed by atoms with Crippen molar-refractivity contribution < 1.29 is 0 Å². The Morgan fingerprint density at radius 1 is 1.08 bits per heavy atom. The highest BCUT2D eigenvalue weighted by Crippen LogP contribution is 2.20. The van der Waals surface area contributed by atoms with Crippen molar-refractivity contribution in [3.63, 3.8) is 0 Å². The molecule has 2 aromatic carbocycles. The number of hydrogen-bond acceptors (Lipinski definition) is 2. The Kier molecular flexibility index (Phi) is 6.68. The van der Waals surface area contributed by atoms with Crippen LogP contribution in [0.4, 0.5) is 0 Å². The molecule has 1 atom stereocenters. The first-order valence-electron chi connectivity index (χ1n) is 8.71. The molecule has 0 radical (unpaired) electrons. The summed E-state index contributed by atoms with van der Waals surface area (Å²) >= 11 is 6.40. The van der Waals surface area contributed by atoms with Crippen LogP contribution in [0.15, 0.2) is 48.5 Å². The van der Waals surface area contributed by atoms with Crippen molar-refractivity contribution in [2.24, 2.45) is 0 Å². The van der Waals surface area contributed by atoms with Crippen molar-refractivity contribution in [3.8, 4) is 0 Å². The van der Waals surface area contributed by atoms with Gasteiger partial charge < -0.3 is 5.32 Å². The molecule has 1 fully saturated rings. The molecule has 0 spiro atoms. The largest absolute Gasteiger partial charge is 0.310 e. The third-order valence-corrected chi connectivity index (χ3v) is 6.15. The summed E-state index contributed by atoms with van der Waals surface area (Å²) in [6, 6.07) is 17.6. The molecule has 0 saturated carbocycles. The summed E-state index contributed by atoms with van der Waals surface area (Å²) in [6.07, 6.45) is 2.42. The topological polar surface area (TPSA) is 15.3 Å². The Morgan fingerprint density at radius 3 is 2.54 bits per heavy atom. The summed E-state index contributed by atoms with van der Waals surface area (Å²) in [4.78, 5) is 2.56. The smallest absolute Gasteiger partial charge is 0.0457 e. The van der Waals surface area contributed by atoms with Crippen LogP contribution in [-0.2, 0) is 13.1 Å². The average molecular weight is 361 g/mol. The molecule has 1 aliphatic rings. The van der Waals surface area contributed by atoms with E-state index >= 15 is 0 Å². The van der Waals surface area contributed by atoms with E-state index in [1.807, 2.05) is 6.07 Å². The summed E-state index contributed by atoms with van der Waals surface area (Å²) < 4.78 is 0. The second-order valence-electron chi connectivity index (χ2n) is 6.43. The van der Waals surface area contributed by atoms with Crippen molar-refractivity contribution in [3.05, 3.63) is 64.7 Å². The number of nitrogens with one attached hydrogen (secondary N) is 1. The molecule has 4 heteroatoms. The van der Waals surface area contributed by atoms with E-state index in [1.54, 1.807) is 0 Å². The number of rotatable bonds is 6. The predicted molar refractivity (Wildman–Crippen MR) is 107 cm³/mol. The minimum Gasteiger partial charge on any atom is -0.310 e. The molecule has 0 amide bonds. The normalized spacial score (nSPS) is 16.9. The molecule has 0 aliphatic carbocycles. The van der Waals surface area contributed by atoms with E-state index in [0.717, 1.165) is 39.8 Å². The number of likely N-dealkylation sites (tertiary alicyclic amines) is 1. The van der Waals surface area contributed by atoms with Crippen molar-refractivity contribution >= 4 is 25.5 Å². The van der Waals surface area contributed by atoms with Crippen LogP contribution in [0.3, 0.4) is 0 Å². The fourth-order valence-electron chi connectivity index (χ4n) is 3.36. The first kappa shape index (κ1) is 17.9. The summed E-state index contributed by atoms with van der Waals surface area (Å²) in [6.45, 7) is 6.50. The highest BCUT2D eigenvalue weighted by atomic mass is 35.5. The zero-order valence-electron chi connectivity index (χ0n) is 14.3. The maximum atomic E-state index is 6.40. The maximum Gasteiger partial charge on any atom is 0.0457 e. The lowest BCUT2D eigenvalue weighted by molar-refractivity contribution is 0.190. The molecular formula is C20H26ClN2P. The van der Waals surface area contributed by atoms with E-state index in [-0.39, 0.29) is 0 Å². The fraction of sp³-hybridized carbons (Fsp3) is 0.400. The van der Waals surface area contributed by atoms with E-state index in [4.69, 9.17) is 11.6 Å². The van der Waals surface area contributed by atoms with Crippen LogP contribution in [-0.4, -0.2) is 30.7 Å². The first-order valence-corrected chi connectivity index (χ1v) is 10.6. The molecule has 1 N–H and O–H groups in total. The van der Waals surface area contributed by atoms with Crippen LogP contribution in [0.25, 0.3) is 0 Å². The van der Waals surface area contributed by atoms with Gasteiger partial charge in [-0.3, -0.25) is 4.90 Å². The van der Waals surface area contributed by atoms with Gasteiger partial charge in [0.2, 0.25) is 0 Å². The highest BCUT2D eigenvalue weighted by Gasteiger charge is 2.19. The van der Waals surface area contributed by atoms with Crippen LogP contribution < -0.4 is 10.6 Å². The molecular weight excluding hydrogens is 335 g/mol. The second kappa shape index (κ2) is 8.97. The summed E-state index contributed by atoms with van der Waals surface area (Å²) in [5, 5.41) is 6.02. The minimum absolute atomic E-state index is 0.598. The molecule has 2 aromatic rings. The van der Waals surface area contributed by atoms with Crippen molar-refractivity contribution in [1.29, 1.82) is 0 Å². The number of piperidine rings is 1. The fourth-order valence-corrected chi connectivity index (χ4v) is 4.46. The molecule has 1 aliphatic heterocycles. The number of hydrogen-bond donors (Lipinski definition) is 1.